The van der Waals surface area contributed by atoms with Gasteiger partial charge in [0.2, 0.25) is 0 Å². The minimum absolute atomic E-state index is 0.0862. The Hall–Kier alpha value is -2.73. The van der Waals surface area contributed by atoms with Crippen LogP contribution in [0.2, 0.25) is 0 Å². The summed E-state index contributed by atoms with van der Waals surface area (Å²) in [7, 11) is 1.68. The van der Waals surface area contributed by atoms with Gasteiger partial charge in [-0.15, -0.1) is 0 Å². The highest BCUT2D eigenvalue weighted by molar-refractivity contribution is 5.94. The van der Waals surface area contributed by atoms with Crippen molar-refractivity contribution in [2.75, 3.05) is 40.0 Å². The molecule has 2 aliphatic rings. The average molecular weight is 397 g/mol. The molecule has 1 fully saturated rings. The van der Waals surface area contributed by atoms with E-state index in [-0.39, 0.29) is 11.9 Å². The number of piperidine rings is 1. The summed E-state index contributed by atoms with van der Waals surface area (Å²) in [6.07, 6.45) is 3.76. The van der Waals surface area contributed by atoms with Crippen LogP contribution in [0.5, 0.6) is 17.2 Å². The van der Waals surface area contributed by atoms with Crippen molar-refractivity contribution in [1.29, 1.82) is 0 Å². The Labute approximate surface area is 171 Å². The second-order valence-corrected chi connectivity index (χ2v) is 7.61. The van der Waals surface area contributed by atoms with Crippen LogP contribution in [0.4, 0.5) is 0 Å². The van der Waals surface area contributed by atoms with E-state index in [4.69, 9.17) is 14.2 Å². The van der Waals surface area contributed by atoms with Crippen LogP contribution in [0.15, 0.2) is 42.5 Å². The first kappa shape index (κ1) is 19.6. The molecule has 2 aromatic carbocycles. The van der Waals surface area contributed by atoms with E-state index < -0.39 is 0 Å². The Kier molecular flexibility index (Phi) is 6.20. The molecule has 29 heavy (non-hydrogen) atoms. The molecule has 0 unspecified atom stereocenters. The van der Waals surface area contributed by atoms with E-state index in [9.17, 15) is 4.79 Å². The first-order valence-electron chi connectivity index (χ1n) is 10.4. The van der Waals surface area contributed by atoms with Gasteiger partial charge < -0.3 is 24.4 Å². The molecule has 4 rings (SSSR count). The van der Waals surface area contributed by atoms with Gasteiger partial charge in [-0.1, -0.05) is 0 Å². The minimum atomic E-state index is -0.0862. The van der Waals surface area contributed by atoms with Crippen molar-refractivity contribution in [1.82, 2.24) is 5.32 Å². The van der Waals surface area contributed by atoms with E-state index in [0.29, 0.717) is 36.8 Å². The summed E-state index contributed by atoms with van der Waals surface area (Å²) in [6, 6.07) is 13.8. The lowest BCUT2D eigenvalue weighted by Crippen LogP contribution is -3.13. The maximum atomic E-state index is 12.8. The van der Waals surface area contributed by atoms with Crippen LogP contribution in [0, 0.1) is 0 Å². The molecule has 6 heteroatoms. The molecule has 6 nitrogen and oxygen atoms in total. The quantitative estimate of drug-likeness (QED) is 0.783. The van der Waals surface area contributed by atoms with Crippen LogP contribution in [0.3, 0.4) is 0 Å². The van der Waals surface area contributed by atoms with Gasteiger partial charge in [-0.2, -0.15) is 0 Å². The predicted octanol–water partition coefficient (Wildman–Crippen LogP) is 2.01. The summed E-state index contributed by atoms with van der Waals surface area (Å²) in [6.45, 7) is 3.92. The molecule has 0 radical (unpaired) electrons. The van der Waals surface area contributed by atoms with E-state index in [1.807, 2.05) is 12.1 Å². The molecule has 0 bridgehead atoms. The molecule has 2 aliphatic heterocycles. The highest BCUT2D eigenvalue weighted by Gasteiger charge is 2.27. The van der Waals surface area contributed by atoms with Gasteiger partial charge in [-0.3, -0.25) is 4.79 Å². The predicted molar refractivity (Wildman–Crippen MR) is 110 cm³/mol. The highest BCUT2D eigenvalue weighted by atomic mass is 16.6. The number of hydrogen-bond acceptors (Lipinski definition) is 4. The number of rotatable bonds is 6. The zero-order valence-electron chi connectivity index (χ0n) is 16.9. The molecule has 0 aromatic heterocycles. The number of benzene rings is 2. The van der Waals surface area contributed by atoms with E-state index in [1.54, 1.807) is 25.3 Å². The van der Waals surface area contributed by atoms with Gasteiger partial charge >= 0.3 is 0 Å². The monoisotopic (exact) mass is 397 g/mol. The molecule has 1 saturated heterocycles. The second kappa shape index (κ2) is 9.18. The number of quaternary nitrogens is 1. The fraction of sp³-hybridized carbons (Fsp3) is 0.435. The number of likely N-dealkylation sites (tertiary alicyclic amines) is 1. The van der Waals surface area contributed by atoms with E-state index in [1.165, 1.54) is 29.7 Å². The Balaban J connectivity index is 1.47. The number of nitrogens with one attached hydrogen (secondary N) is 2. The normalized spacial score (nSPS) is 17.4. The van der Waals surface area contributed by atoms with Crippen LogP contribution < -0.4 is 24.4 Å². The van der Waals surface area contributed by atoms with E-state index in [0.717, 1.165) is 18.8 Å². The number of hydrogen-bond donors (Lipinski definition) is 2. The molecule has 0 spiro atoms. The zero-order valence-corrected chi connectivity index (χ0v) is 16.9. The van der Waals surface area contributed by atoms with Crippen molar-refractivity contribution in [3.8, 4) is 17.2 Å². The standard InChI is InChI=1S/C23H28N2O4/c1-27-19-8-5-17(6-9-19)20(25-11-3-2-4-12-25)16-24-23(26)18-7-10-21-22(15-18)29-14-13-28-21/h5-10,15,20H,2-4,11-14,16H2,1H3,(H,24,26)/p+1/t20-/m0/s1. The molecule has 1 atom stereocenters. The number of carbonyl (C=O) groups is 1. The van der Waals surface area contributed by atoms with Crippen LogP contribution in [0.25, 0.3) is 0 Å². The molecule has 0 aliphatic carbocycles. The summed E-state index contributed by atoms with van der Waals surface area (Å²) in [5, 5.41) is 3.14. The van der Waals surface area contributed by atoms with Gasteiger partial charge in [-0.05, 0) is 61.7 Å². The number of fused-ring (bicyclic) bond motifs is 1. The van der Waals surface area contributed by atoms with Gasteiger partial charge in [0.25, 0.3) is 5.91 Å². The molecule has 0 saturated carbocycles. The fourth-order valence-electron chi connectivity index (χ4n) is 4.17. The molecule has 2 heterocycles. The molecule has 2 aromatic rings. The molecular formula is C23H29N2O4+. The van der Waals surface area contributed by atoms with E-state index in [2.05, 4.69) is 17.4 Å². The summed E-state index contributed by atoms with van der Waals surface area (Å²) >= 11 is 0. The summed E-state index contributed by atoms with van der Waals surface area (Å²) in [5.41, 5.74) is 1.82. The number of amides is 1. The Morgan fingerprint density at radius 3 is 2.48 bits per heavy atom. The van der Waals surface area contributed by atoms with Crippen LogP contribution in [-0.4, -0.2) is 45.9 Å². The van der Waals surface area contributed by atoms with Crippen molar-refractivity contribution >= 4 is 5.91 Å². The highest BCUT2D eigenvalue weighted by Crippen LogP contribution is 2.30. The van der Waals surface area contributed by atoms with Gasteiger partial charge in [0, 0.05) is 11.1 Å². The molecule has 2 N–H and O–H groups in total. The molecular weight excluding hydrogens is 368 g/mol. The average Bonchev–Trinajstić information content (AvgIpc) is 2.80. The van der Waals surface area contributed by atoms with E-state index >= 15 is 0 Å². The second-order valence-electron chi connectivity index (χ2n) is 7.61. The van der Waals surface area contributed by atoms with Gasteiger partial charge in [0.05, 0.1) is 26.7 Å². The third kappa shape index (κ3) is 4.65. The maximum absolute atomic E-state index is 12.8. The summed E-state index contributed by atoms with van der Waals surface area (Å²) < 4.78 is 16.4. The Morgan fingerprint density at radius 1 is 1.03 bits per heavy atom. The van der Waals surface area contributed by atoms with Crippen molar-refractivity contribution in [2.45, 2.75) is 25.3 Å². The SMILES string of the molecule is COc1ccc([C@H](CNC(=O)c2ccc3c(c2)OCCO3)[NH+]2CCCCC2)cc1. The lowest BCUT2D eigenvalue weighted by Gasteiger charge is -2.32. The van der Waals surface area contributed by atoms with Gasteiger partial charge in [-0.25, -0.2) is 0 Å². The first-order valence-corrected chi connectivity index (χ1v) is 10.4. The minimum Gasteiger partial charge on any atom is -0.497 e. The lowest BCUT2D eigenvalue weighted by atomic mass is 10.0. The molecule has 1 amide bonds. The van der Waals surface area contributed by atoms with Crippen molar-refractivity contribution in [3.63, 3.8) is 0 Å². The number of methoxy groups -OCH3 is 1. The number of carbonyl (C=O) groups excluding carboxylic acids is 1. The lowest BCUT2D eigenvalue weighted by molar-refractivity contribution is -0.935. The topological polar surface area (TPSA) is 61.2 Å². The van der Waals surface area contributed by atoms with Gasteiger partial charge in [0.15, 0.2) is 11.5 Å². The van der Waals surface area contributed by atoms with Crippen LogP contribution in [0.1, 0.15) is 41.2 Å². The maximum Gasteiger partial charge on any atom is 0.251 e. The third-order valence-corrected chi connectivity index (χ3v) is 5.78. The summed E-state index contributed by atoms with van der Waals surface area (Å²) in [4.78, 5) is 14.3. The van der Waals surface area contributed by atoms with Crippen molar-refractivity contribution in [3.05, 3.63) is 53.6 Å². The van der Waals surface area contributed by atoms with Crippen LogP contribution >= 0.6 is 0 Å². The largest absolute Gasteiger partial charge is 0.497 e. The Bertz CT molecular complexity index is 831. The fourth-order valence-corrected chi connectivity index (χ4v) is 4.17. The Morgan fingerprint density at radius 2 is 1.76 bits per heavy atom. The third-order valence-electron chi connectivity index (χ3n) is 5.78. The first-order chi connectivity index (χ1) is 14.2. The van der Waals surface area contributed by atoms with Crippen molar-refractivity contribution in [2.24, 2.45) is 0 Å². The van der Waals surface area contributed by atoms with Gasteiger partial charge in [0.1, 0.15) is 25.0 Å². The summed E-state index contributed by atoms with van der Waals surface area (Å²) in [5.74, 6) is 2.09. The van der Waals surface area contributed by atoms with Crippen molar-refractivity contribution < 1.29 is 23.9 Å². The smallest absolute Gasteiger partial charge is 0.251 e. The zero-order chi connectivity index (χ0) is 20.1. The number of ether oxygens (including phenoxy) is 3. The van der Waals surface area contributed by atoms with Crippen LogP contribution in [-0.2, 0) is 0 Å². The molecule has 154 valence electrons.